The van der Waals surface area contributed by atoms with Crippen molar-refractivity contribution in [3.8, 4) is 5.75 Å². The summed E-state index contributed by atoms with van der Waals surface area (Å²) >= 11 is 0. The van der Waals surface area contributed by atoms with Crippen LogP contribution in [0.3, 0.4) is 0 Å². The molecule has 1 aromatic heterocycles. The Kier molecular flexibility index (Phi) is 6.32. The van der Waals surface area contributed by atoms with E-state index in [-0.39, 0.29) is 54.9 Å². The van der Waals surface area contributed by atoms with Gasteiger partial charge in [-0.1, -0.05) is 6.08 Å². The summed E-state index contributed by atoms with van der Waals surface area (Å²) in [6.45, 7) is 6.07. The molecular weight excluding hydrogens is 438 g/mol. The van der Waals surface area contributed by atoms with Crippen LogP contribution in [0, 0.1) is 11.8 Å². The monoisotopic (exact) mass is 464 g/mol. The van der Waals surface area contributed by atoms with Crippen LogP contribution in [0.4, 0.5) is 0 Å². The van der Waals surface area contributed by atoms with Crippen LogP contribution in [0.1, 0.15) is 24.5 Å². The second-order valence-corrected chi connectivity index (χ2v) is 6.97. The van der Waals surface area contributed by atoms with Gasteiger partial charge < -0.3 is 9.84 Å². The van der Waals surface area contributed by atoms with Crippen LogP contribution in [0.2, 0.25) is 0 Å². The molecule has 3 aliphatic heterocycles. The molecule has 3 saturated heterocycles. The van der Waals surface area contributed by atoms with Gasteiger partial charge in [-0.05, 0) is 61.1 Å². The van der Waals surface area contributed by atoms with Gasteiger partial charge in [-0.3, -0.25) is 9.88 Å². The average Bonchev–Trinajstić information content (AvgIpc) is 2.66. The first-order chi connectivity index (χ1) is 11.7. The molecule has 25 heavy (non-hydrogen) atoms. The Morgan fingerprint density at radius 1 is 1.40 bits per heavy atom. The molecule has 0 saturated carbocycles. The van der Waals surface area contributed by atoms with Crippen LogP contribution >= 0.6 is 0 Å². The van der Waals surface area contributed by atoms with Crippen LogP contribution in [0.5, 0.6) is 5.75 Å². The van der Waals surface area contributed by atoms with Gasteiger partial charge in [0.15, 0.2) is 0 Å². The van der Waals surface area contributed by atoms with Crippen molar-refractivity contribution in [1.82, 2.24) is 9.88 Å². The van der Waals surface area contributed by atoms with Crippen molar-refractivity contribution >= 4 is 59.8 Å². The summed E-state index contributed by atoms with van der Waals surface area (Å²) < 4.78 is 5.35. The molecule has 1 aromatic carbocycles. The van der Waals surface area contributed by atoms with Crippen molar-refractivity contribution in [3.63, 3.8) is 0 Å². The molecule has 2 aromatic rings. The number of piperidine rings is 3. The molecule has 5 atom stereocenters. The first kappa shape index (κ1) is 19.4. The third-order valence-corrected chi connectivity index (χ3v) is 5.82. The van der Waals surface area contributed by atoms with Crippen LogP contribution in [-0.4, -0.2) is 90.1 Å². The summed E-state index contributed by atoms with van der Waals surface area (Å²) in [6.07, 6.45) is 5.62. The molecule has 0 spiro atoms. The SMILES string of the molecule is C=C[C@H]1C[N@]2CC[C@H]1C[C@H]2[C@H](O)c1ccnc2ccc(OC)cc12.[BaH2]. The van der Waals surface area contributed by atoms with Crippen molar-refractivity contribution in [2.24, 2.45) is 11.8 Å². The van der Waals surface area contributed by atoms with Gasteiger partial charge in [-0.15, -0.1) is 6.58 Å². The number of hydrogen-bond donors (Lipinski definition) is 1. The molecule has 0 unspecified atom stereocenters. The minimum atomic E-state index is -0.504. The zero-order valence-corrected chi connectivity index (χ0v) is 14.1. The van der Waals surface area contributed by atoms with Gasteiger partial charge in [0.05, 0.1) is 18.7 Å². The molecule has 0 amide bonds. The first-order valence-corrected chi connectivity index (χ1v) is 8.68. The number of hydrogen-bond acceptors (Lipinski definition) is 4. The third-order valence-electron chi connectivity index (χ3n) is 5.82. The Labute approximate surface area is 189 Å². The molecule has 5 rings (SSSR count). The number of methoxy groups -OCH3 is 1. The summed E-state index contributed by atoms with van der Waals surface area (Å²) in [4.78, 5) is 6.86. The normalized spacial score (nSPS) is 29.0. The van der Waals surface area contributed by atoms with E-state index in [4.69, 9.17) is 4.74 Å². The molecule has 0 aliphatic carbocycles. The van der Waals surface area contributed by atoms with E-state index < -0.39 is 6.10 Å². The Balaban J connectivity index is 0.00000182. The minimum absolute atomic E-state index is 0. The fourth-order valence-corrected chi connectivity index (χ4v) is 4.44. The van der Waals surface area contributed by atoms with Crippen LogP contribution in [0.15, 0.2) is 43.1 Å². The predicted molar refractivity (Wildman–Crippen MR) is 104 cm³/mol. The van der Waals surface area contributed by atoms with E-state index in [1.165, 1.54) is 6.42 Å². The van der Waals surface area contributed by atoms with E-state index in [1.54, 1.807) is 13.3 Å². The van der Waals surface area contributed by atoms with E-state index >= 15 is 0 Å². The number of aliphatic hydroxyl groups excluding tert-OH is 1. The molecular formula is C20H26BaN2O2. The number of fused-ring (bicyclic) bond motifs is 4. The number of aliphatic hydroxyl groups is 1. The standard InChI is InChI=1S/C20H24N2O2.Ba.2H/c1-3-13-12-22-9-7-14(13)10-19(22)20(23)16-6-8-21-18-5-4-15(24-2)11-17(16)18;;;/h3-6,8,11,13-14,19-20,23H,1,7,9-10,12H2,2H3;;;/t13-,14-,19-,20+;;;/m0.../s1. The van der Waals surface area contributed by atoms with E-state index in [1.807, 2.05) is 24.3 Å². The Hall–Kier alpha value is -0.339. The second kappa shape index (κ2) is 8.13. The quantitative estimate of drug-likeness (QED) is 0.558. The van der Waals surface area contributed by atoms with Crippen LogP contribution in [-0.2, 0) is 0 Å². The number of pyridine rings is 1. The molecule has 3 aliphatic rings. The summed E-state index contributed by atoms with van der Waals surface area (Å²) in [5, 5.41) is 12.1. The van der Waals surface area contributed by atoms with Crippen molar-refractivity contribution in [3.05, 3.63) is 48.7 Å². The van der Waals surface area contributed by atoms with Gasteiger partial charge in [-0.2, -0.15) is 0 Å². The molecule has 5 heteroatoms. The molecule has 1 N–H and O–H groups in total. The maximum atomic E-state index is 11.2. The topological polar surface area (TPSA) is 45.6 Å². The zero-order valence-electron chi connectivity index (χ0n) is 14.1. The molecule has 130 valence electrons. The van der Waals surface area contributed by atoms with E-state index in [9.17, 15) is 5.11 Å². The average molecular weight is 464 g/mol. The number of aromatic nitrogens is 1. The van der Waals surface area contributed by atoms with Crippen molar-refractivity contribution in [1.29, 1.82) is 0 Å². The molecule has 0 radical (unpaired) electrons. The van der Waals surface area contributed by atoms with E-state index in [0.29, 0.717) is 11.8 Å². The molecule has 4 nitrogen and oxygen atoms in total. The summed E-state index contributed by atoms with van der Waals surface area (Å²) in [7, 11) is 1.66. The molecule has 3 fully saturated rings. The second-order valence-electron chi connectivity index (χ2n) is 6.97. The Morgan fingerprint density at radius 2 is 2.24 bits per heavy atom. The van der Waals surface area contributed by atoms with Crippen LogP contribution < -0.4 is 4.74 Å². The van der Waals surface area contributed by atoms with Crippen molar-refractivity contribution in [2.45, 2.75) is 25.0 Å². The van der Waals surface area contributed by atoms with Gasteiger partial charge >= 0.3 is 48.9 Å². The number of nitrogens with zero attached hydrogens (tertiary/aromatic N) is 2. The van der Waals surface area contributed by atoms with Crippen molar-refractivity contribution in [2.75, 3.05) is 20.2 Å². The van der Waals surface area contributed by atoms with Gasteiger partial charge in [0.2, 0.25) is 0 Å². The third kappa shape index (κ3) is 3.58. The first-order valence-electron chi connectivity index (χ1n) is 8.68. The van der Waals surface area contributed by atoms with Gasteiger partial charge in [0, 0.05) is 24.2 Å². The Bertz CT molecular complexity index is 766. The number of ether oxygens (including phenoxy) is 1. The van der Waals surface area contributed by atoms with E-state index in [0.717, 1.165) is 41.7 Å². The summed E-state index contributed by atoms with van der Waals surface area (Å²) in [6, 6.07) is 7.96. The fraction of sp³-hybridized carbons (Fsp3) is 0.450. The summed E-state index contributed by atoms with van der Waals surface area (Å²) in [5.74, 6) is 2.01. The van der Waals surface area contributed by atoms with Gasteiger partial charge in [-0.25, -0.2) is 0 Å². The Morgan fingerprint density at radius 3 is 2.92 bits per heavy atom. The van der Waals surface area contributed by atoms with E-state index in [2.05, 4.69) is 22.5 Å². The number of benzene rings is 1. The predicted octanol–water partition coefficient (Wildman–Crippen LogP) is 2.26. The van der Waals surface area contributed by atoms with Crippen molar-refractivity contribution < 1.29 is 9.84 Å². The van der Waals surface area contributed by atoms with Gasteiger partial charge in [0.25, 0.3) is 0 Å². The molecule has 2 bridgehead atoms. The number of rotatable bonds is 4. The van der Waals surface area contributed by atoms with Gasteiger partial charge in [0.1, 0.15) is 5.75 Å². The van der Waals surface area contributed by atoms with Crippen LogP contribution in [0.25, 0.3) is 10.9 Å². The fourth-order valence-electron chi connectivity index (χ4n) is 4.44. The summed E-state index contributed by atoms with van der Waals surface area (Å²) in [5.41, 5.74) is 1.85. The maximum absolute atomic E-state index is 11.2. The zero-order chi connectivity index (χ0) is 16.7. The molecule has 4 heterocycles.